The minimum absolute atomic E-state index is 0.0131. The molecule has 1 aromatic rings. The number of nitrogens with one attached hydrogen (secondary N) is 1. The van der Waals surface area contributed by atoms with Crippen LogP contribution in [0.5, 0.6) is 5.75 Å². The van der Waals surface area contributed by atoms with Gasteiger partial charge >= 0.3 is 0 Å². The highest BCUT2D eigenvalue weighted by molar-refractivity contribution is 6.00. The summed E-state index contributed by atoms with van der Waals surface area (Å²) in [6, 6.07) is 7.31. The van der Waals surface area contributed by atoms with Crippen LogP contribution in [0.4, 0.5) is 5.69 Å². The first-order valence-electron chi connectivity index (χ1n) is 8.98. The van der Waals surface area contributed by atoms with E-state index >= 15 is 0 Å². The highest BCUT2D eigenvalue weighted by Crippen LogP contribution is 2.29. The number of amides is 3. The Balaban J connectivity index is 1.61. The Morgan fingerprint density at radius 2 is 1.92 bits per heavy atom. The molecule has 2 aliphatic rings. The van der Waals surface area contributed by atoms with Crippen LogP contribution in [0.25, 0.3) is 0 Å². The lowest BCUT2D eigenvalue weighted by molar-refractivity contribution is -0.139. The molecule has 3 amide bonds. The largest absolute Gasteiger partial charge is 0.497 e. The van der Waals surface area contributed by atoms with Crippen LogP contribution < -0.4 is 15.0 Å². The van der Waals surface area contributed by atoms with Crippen molar-refractivity contribution in [2.24, 2.45) is 11.8 Å². The Morgan fingerprint density at radius 3 is 2.58 bits per heavy atom. The molecule has 2 heterocycles. The second kappa shape index (κ2) is 7.76. The fourth-order valence-corrected chi connectivity index (χ4v) is 3.73. The van der Waals surface area contributed by atoms with Crippen LogP contribution in [-0.4, -0.2) is 56.4 Å². The Labute approximate surface area is 153 Å². The number of anilines is 1. The summed E-state index contributed by atoms with van der Waals surface area (Å²) in [6.07, 6.45) is 1.57. The van der Waals surface area contributed by atoms with Crippen molar-refractivity contribution in [3.8, 4) is 5.75 Å². The van der Waals surface area contributed by atoms with E-state index in [1.54, 1.807) is 30.0 Å². The molecule has 2 saturated heterocycles. The van der Waals surface area contributed by atoms with Gasteiger partial charge in [0.1, 0.15) is 5.75 Å². The van der Waals surface area contributed by atoms with Gasteiger partial charge in [0.15, 0.2) is 0 Å². The van der Waals surface area contributed by atoms with E-state index in [2.05, 4.69) is 5.32 Å². The second-order valence-electron chi connectivity index (χ2n) is 6.82. The van der Waals surface area contributed by atoms with Crippen LogP contribution in [0, 0.1) is 11.8 Å². The van der Waals surface area contributed by atoms with Crippen molar-refractivity contribution in [2.75, 3.05) is 38.7 Å². The third-order valence-corrected chi connectivity index (χ3v) is 5.26. The zero-order chi connectivity index (χ0) is 18.7. The van der Waals surface area contributed by atoms with Crippen LogP contribution >= 0.6 is 0 Å². The van der Waals surface area contributed by atoms with Crippen molar-refractivity contribution in [1.82, 2.24) is 10.2 Å². The van der Waals surface area contributed by atoms with Crippen molar-refractivity contribution < 1.29 is 19.1 Å². The summed E-state index contributed by atoms with van der Waals surface area (Å²) in [4.78, 5) is 40.4. The zero-order valence-electron chi connectivity index (χ0n) is 15.2. The number of likely N-dealkylation sites (tertiary alicyclic amines) is 1. The maximum absolute atomic E-state index is 12.8. The molecule has 2 fully saturated rings. The molecule has 2 aliphatic heterocycles. The zero-order valence-corrected chi connectivity index (χ0v) is 15.2. The fourth-order valence-electron chi connectivity index (χ4n) is 3.73. The first-order valence-corrected chi connectivity index (χ1v) is 8.98. The maximum atomic E-state index is 12.8. The molecule has 1 atom stereocenters. The van der Waals surface area contributed by atoms with Crippen LogP contribution in [-0.2, 0) is 14.4 Å². The fraction of sp³-hybridized carbons (Fsp3) is 0.526. The monoisotopic (exact) mass is 359 g/mol. The lowest BCUT2D eigenvalue weighted by Gasteiger charge is -2.32. The number of nitrogens with zero attached hydrogens (tertiary/aromatic N) is 2. The molecule has 3 rings (SSSR count). The quantitative estimate of drug-likeness (QED) is 0.871. The van der Waals surface area contributed by atoms with Crippen LogP contribution in [0.15, 0.2) is 24.3 Å². The molecule has 0 bridgehead atoms. The van der Waals surface area contributed by atoms with Crippen LogP contribution in [0.3, 0.4) is 0 Å². The van der Waals surface area contributed by atoms with Crippen molar-refractivity contribution in [2.45, 2.75) is 19.3 Å². The summed E-state index contributed by atoms with van der Waals surface area (Å²) >= 11 is 0. The number of ether oxygens (including phenoxy) is 1. The standard InChI is InChI=1S/C19H25N3O4/c1-20-18(24)13-6-8-21(9-7-13)19(25)14-10-17(23)22(12-14)15-4-3-5-16(11-15)26-2/h3-5,11,13-14H,6-10,12H2,1-2H3,(H,20,24). The summed E-state index contributed by atoms with van der Waals surface area (Å²) in [5, 5.41) is 2.67. The van der Waals surface area contributed by atoms with Crippen LogP contribution in [0.1, 0.15) is 19.3 Å². The summed E-state index contributed by atoms with van der Waals surface area (Å²) in [5.41, 5.74) is 0.753. The van der Waals surface area contributed by atoms with Crippen molar-refractivity contribution in [1.29, 1.82) is 0 Å². The molecule has 0 radical (unpaired) electrons. The van der Waals surface area contributed by atoms with Gasteiger partial charge in [0, 0.05) is 50.8 Å². The van der Waals surface area contributed by atoms with Gasteiger partial charge in [-0.1, -0.05) is 6.07 Å². The van der Waals surface area contributed by atoms with Gasteiger partial charge in [-0.05, 0) is 25.0 Å². The molecule has 1 N–H and O–H groups in total. The number of hydrogen-bond donors (Lipinski definition) is 1. The smallest absolute Gasteiger partial charge is 0.228 e. The van der Waals surface area contributed by atoms with Crippen LogP contribution in [0.2, 0.25) is 0 Å². The average molecular weight is 359 g/mol. The molecule has 140 valence electrons. The van der Waals surface area contributed by atoms with E-state index in [1.165, 1.54) is 0 Å². The van der Waals surface area contributed by atoms with E-state index < -0.39 is 0 Å². The van der Waals surface area contributed by atoms with Gasteiger partial charge in [-0.15, -0.1) is 0 Å². The summed E-state index contributed by atoms with van der Waals surface area (Å²) in [6.45, 7) is 1.53. The maximum Gasteiger partial charge on any atom is 0.228 e. The third-order valence-electron chi connectivity index (χ3n) is 5.26. The first kappa shape index (κ1) is 18.2. The van der Waals surface area contributed by atoms with Gasteiger partial charge < -0.3 is 19.9 Å². The molecule has 0 saturated carbocycles. The number of rotatable bonds is 4. The van der Waals surface area contributed by atoms with E-state index in [4.69, 9.17) is 4.74 Å². The molecule has 1 unspecified atom stereocenters. The van der Waals surface area contributed by atoms with E-state index in [0.717, 1.165) is 5.69 Å². The summed E-state index contributed by atoms with van der Waals surface area (Å²) in [7, 11) is 3.22. The normalized spacial score (nSPS) is 21.0. The average Bonchev–Trinajstić information content (AvgIpc) is 3.08. The number of piperidine rings is 1. The number of carbonyl (C=O) groups excluding carboxylic acids is 3. The number of carbonyl (C=O) groups is 3. The predicted molar refractivity (Wildman–Crippen MR) is 96.8 cm³/mol. The van der Waals surface area contributed by atoms with E-state index in [1.807, 2.05) is 18.2 Å². The van der Waals surface area contributed by atoms with Gasteiger partial charge in [-0.25, -0.2) is 0 Å². The predicted octanol–water partition coefficient (Wildman–Crippen LogP) is 1.03. The summed E-state index contributed by atoms with van der Waals surface area (Å²) < 4.78 is 5.21. The van der Waals surface area contributed by atoms with E-state index in [9.17, 15) is 14.4 Å². The van der Waals surface area contributed by atoms with Gasteiger partial charge in [0.2, 0.25) is 17.7 Å². The highest BCUT2D eigenvalue weighted by atomic mass is 16.5. The lowest BCUT2D eigenvalue weighted by atomic mass is 9.94. The lowest BCUT2D eigenvalue weighted by Crippen LogP contribution is -2.45. The van der Waals surface area contributed by atoms with Crippen molar-refractivity contribution >= 4 is 23.4 Å². The number of hydrogen-bond acceptors (Lipinski definition) is 4. The highest BCUT2D eigenvalue weighted by Gasteiger charge is 2.38. The van der Waals surface area contributed by atoms with Gasteiger partial charge in [-0.2, -0.15) is 0 Å². The SMILES string of the molecule is CNC(=O)C1CCN(C(=O)C2CC(=O)N(c3cccc(OC)c3)C2)CC1. The third kappa shape index (κ3) is 3.66. The number of methoxy groups -OCH3 is 1. The molecular weight excluding hydrogens is 334 g/mol. The van der Waals surface area contributed by atoms with E-state index in [0.29, 0.717) is 38.2 Å². The van der Waals surface area contributed by atoms with Gasteiger partial charge in [0.25, 0.3) is 0 Å². The summed E-state index contributed by atoms with van der Waals surface area (Å²) in [5.74, 6) is 0.336. The molecular formula is C19H25N3O4. The number of benzene rings is 1. The van der Waals surface area contributed by atoms with Crippen molar-refractivity contribution in [3.63, 3.8) is 0 Å². The minimum Gasteiger partial charge on any atom is -0.497 e. The van der Waals surface area contributed by atoms with Gasteiger partial charge in [0.05, 0.1) is 13.0 Å². The van der Waals surface area contributed by atoms with Crippen molar-refractivity contribution in [3.05, 3.63) is 24.3 Å². The van der Waals surface area contributed by atoms with Gasteiger partial charge in [-0.3, -0.25) is 14.4 Å². The molecule has 0 aromatic heterocycles. The Hall–Kier alpha value is -2.57. The second-order valence-corrected chi connectivity index (χ2v) is 6.82. The minimum atomic E-state index is -0.328. The Bertz CT molecular complexity index is 698. The molecule has 0 spiro atoms. The molecule has 7 heteroatoms. The molecule has 1 aromatic carbocycles. The Kier molecular flexibility index (Phi) is 5.44. The topological polar surface area (TPSA) is 79.0 Å². The molecule has 26 heavy (non-hydrogen) atoms. The molecule has 7 nitrogen and oxygen atoms in total. The molecule has 0 aliphatic carbocycles. The van der Waals surface area contributed by atoms with E-state index in [-0.39, 0.29) is 36.0 Å². The first-order chi connectivity index (χ1) is 12.5. The Morgan fingerprint density at radius 1 is 1.19 bits per heavy atom.